The molecule has 20 heavy (non-hydrogen) atoms. The average molecular weight is 309 g/mol. The van der Waals surface area contributed by atoms with Crippen LogP contribution < -0.4 is 10.5 Å². The number of hydrogen-bond acceptors (Lipinski definition) is 4. The number of halogens is 3. The van der Waals surface area contributed by atoms with Gasteiger partial charge in [-0.2, -0.15) is 13.2 Å². The summed E-state index contributed by atoms with van der Waals surface area (Å²) in [4.78, 5) is -0.152. The van der Waals surface area contributed by atoms with Gasteiger partial charge in [-0.05, 0) is 12.5 Å². The van der Waals surface area contributed by atoms with Gasteiger partial charge in [0, 0.05) is 23.7 Å². The van der Waals surface area contributed by atoms with Crippen molar-refractivity contribution in [2.75, 3.05) is 11.5 Å². The van der Waals surface area contributed by atoms with Gasteiger partial charge in [-0.15, -0.1) is 0 Å². The van der Waals surface area contributed by atoms with Crippen molar-refractivity contribution in [2.24, 2.45) is 0 Å². The van der Waals surface area contributed by atoms with Crippen molar-refractivity contribution in [1.29, 1.82) is 0 Å². The zero-order chi connectivity index (χ0) is 15.1. The summed E-state index contributed by atoms with van der Waals surface area (Å²) < 4.78 is 67.1. The van der Waals surface area contributed by atoms with Crippen LogP contribution in [0.5, 0.6) is 5.75 Å². The van der Waals surface area contributed by atoms with E-state index in [-0.39, 0.29) is 27.6 Å². The van der Waals surface area contributed by atoms with E-state index in [4.69, 9.17) is 10.5 Å². The first-order chi connectivity index (χ1) is 9.15. The van der Waals surface area contributed by atoms with Crippen molar-refractivity contribution < 1.29 is 26.3 Å². The Morgan fingerprint density at radius 1 is 1.40 bits per heavy atom. The summed E-state index contributed by atoms with van der Waals surface area (Å²) in [5.74, 6) is -0.235. The lowest BCUT2D eigenvalue weighted by molar-refractivity contribution is -0.189. The van der Waals surface area contributed by atoms with Crippen LogP contribution in [0.1, 0.15) is 18.9 Å². The zero-order valence-electron chi connectivity index (χ0n) is 10.7. The number of nitrogens with two attached hydrogens (primary N) is 1. The van der Waals surface area contributed by atoms with Crippen LogP contribution in [0.3, 0.4) is 0 Å². The lowest BCUT2D eigenvalue weighted by atomic mass is 10.1. The minimum atomic E-state index is -4.54. The molecule has 0 saturated heterocycles. The van der Waals surface area contributed by atoms with E-state index < -0.39 is 28.5 Å². The van der Waals surface area contributed by atoms with Gasteiger partial charge < -0.3 is 10.5 Å². The van der Waals surface area contributed by atoms with Crippen LogP contribution in [0.2, 0.25) is 0 Å². The van der Waals surface area contributed by atoms with Gasteiger partial charge in [0.15, 0.2) is 15.9 Å². The van der Waals surface area contributed by atoms with Crippen LogP contribution in [0.25, 0.3) is 0 Å². The molecule has 1 aromatic rings. The number of sulfone groups is 1. The molecular formula is C12H14F3NO3S. The third-order valence-corrected chi connectivity index (χ3v) is 5.00. The van der Waals surface area contributed by atoms with Crippen LogP contribution in [0.4, 0.5) is 18.9 Å². The van der Waals surface area contributed by atoms with Crippen molar-refractivity contribution in [1.82, 2.24) is 0 Å². The summed E-state index contributed by atoms with van der Waals surface area (Å²) in [5.41, 5.74) is 5.69. The maximum Gasteiger partial charge on any atom is 0.425 e. The predicted molar refractivity (Wildman–Crippen MR) is 67.4 cm³/mol. The molecular weight excluding hydrogens is 295 g/mol. The van der Waals surface area contributed by atoms with Gasteiger partial charge in [0.1, 0.15) is 5.75 Å². The second-order valence-corrected chi connectivity index (χ2v) is 6.74. The molecule has 0 aromatic heterocycles. The minimum Gasteiger partial charge on any atom is -0.480 e. The molecule has 0 amide bonds. The van der Waals surface area contributed by atoms with E-state index in [1.807, 2.05) is 0 Å². The Morgan fingerprint density at radius 3 is 2.60 bits per heavy atom. The highest BCUT2D eigenvalue weighted by Gasteiger charge is 2.46. The van der Waals surface area contributed by atoms with E-state index in [0.717, 1.165) is 0 Å². The van der Waals surface area contributed by atoms with Gasteiger partial charge >= 0.3 is 6.18 Å². The third kappa shape index (κ3) is 2.70. The number of anilines is 1. The summed E-state index contributed by atoms with van der Waals surface area (Å²) in [7, 11) is -3.65. The van der Waals surface area contributed by atoms with E-state index >= 15 is 0 Å². The molecule has 0 saturated carbocycles. The molecule has 0 spiro atoms. The summed E-state index contributed by atoms with van der Waals surface area (Å²) in [5, 5.41) is 0. The quantitative estimate of drug-likeness (QED) is 0.870. The second-order valence-electron chi connectivity index (χ2n) is 4.67. The Morgan fingerprint density at radius 2 is 2.05 bits per heavy atom. The Balaban J connectivity index is 2.50. The highest BCUT2D eigenvalue weighted by Crippen LogP contribution is 2.41. The van der Waals surface area contributed by atoms with E-state index in [2.05, 4.69) is 0 Å². The lowest BCUT2D eigenvalue weighted by Crippen LogP contribution is -2.32. The van der Waals surface area contributed by atoms with Crippen molar-refractivity contribution >= 4 is 15.5 Å². The molecule has 112 valence electrons. The molecule has 1 atom stereocenters. The molecule has 4 nitrogen and oxygen atoms in total. The fourth-order valence-corrected chi connectivity index (χ4v) is 3.80. The number of ether oxygens (including phenoxy) is 1. The van der Waals surface area contributed by atoms with E-state index in [0.29, 0.717) is 6.42 Å². The SMILES string of the molecule is CCCS(=O)(=O)c1cc(N)cc2c1CC(C(F)(F)F)O2. The first kappa shape index (κ1) is 15.0. The molecule has 2 rings (SSSR count). The van der Waals surface area contributed by atoms with Crippen LogP contribution in [0, 0.1) is 0 Å². The summed E-state index contributed by atoms with van der Waals surface area (Å²) in [6, 6.07) is 2.43. The molecule has 2 N–H and O–H groups in total. The third-order valence-electron chi connectivity index (χ3n) is 3.02. The molecule has 0 aliphatic carbocycles. The maximum atomic E-state index is 12.7. The minimum absolute atomic E-state index is 0.0648. The summed E-state index contributed by atoms with van der Waals surface area (Å²) in [6.07, 6.45) is -6.69. The highest BCUT2D eigenvalue weighted by molar-refractivity contribution is 7.91. The van der Waals surface area contributed by atoms with Gasteiger partial charge in [0.05, 0.1) is 10.6 Å². The number of benzene rings is 1. The summed E-state index contributed by atoms with van der Waals surface area (Å²) >= 11 is 0. The van der Waals surface area contributed by atoms with Gasteiger partial charge in [-0.3, -0.25) is 0 Å². The summed E-state index contributed by atoms with van der Waals surface area (Å²) in [6.45, 7) is 1.68. The Labute approximate surface area is 114 Å². The maximum absolute atomic E-state index is 12.7. The smallest absolute Gasteiger partial charge is 0.425 e. The average Bonchev–Trinajstić information content (AvgIpc) is 2.70. The topological polar surface area (TPSA) is 69.4 Å². The first-order valence-corrected chi connectivity index (χ1v) is 7.69. The fourth-order valence-electron chi connectivity index (χ4n) is 2.17. The van der Waals surface area contributed by atoms with Gasteiger partial charge in [-0.1, -0.05) is 6.92 Å². The number of fused-ring (bicyclic) bond motifs is 1. The largest absolute Gasteiger partial charge is 0.480 e. The Hall–Kier alpha value is -1.44. The fraction of sp³-hybridized carbons (Fsp3) is 0.500. The van der Waals surface area contributed by atoms with Gasteiger partial charge in [0.2, 0.25) is 0 Å². The molecule has 1 aliphatic heterocycles. The molecule has 0 bridgehead atoms. The Bertz CT molecular complexity index is 626. The molecule has 0 fully saturated rings. The van der Waals surface area contributed by atoms with Crippen molar-refractivity contribution in [3.63, 3.8) is 0 Å². The lowest BCUT2D eigenvalue weighted by Gasteiger charge is -2.13. The second kappa shape index (κ2) is 4.83. The molecule has 1 aliphatic rings. The van der Waals surface area contributed by atoms with Gasteiger partial charge in [0.25, 0.3) is 0 Å². The monoisotopic (exact) mass is 309 g/mol. The molecule has 1 aromatic carbocycles. The van der Waals surface area contributed by atoms with Crippen molar-refractivity contribution in [3.8, 4) is 5.75 Å². The molecule has 1 unspecified atom stereocenters. The van der Waals surface area contributed by atoms with E-state index in [9.17, 15) is 21.6 Å². The van der Waals surface area contributed by atoms with E-state index in [1.54, 1.807) is 6.92 Å². The van der Waals surface area contributed by atoms with Gasteiger partial charge in [-0.25, -0.2) is 8.42 Å². The van der Waals surface area contributed by atoms with Crippen LogP contribution >= 0.6 is 0 Å². The first-order valence-electron chi connectivity index (χ1n) is 6.03. The standard InChI is InChI=1S/C12H14F3NO3S/c1-2-3-20(17,18)10-5-7(16)4-9-8(10)6-11(19-9)12(13,14)15/h4-5,11H,2-3,6,16H2,1H3. The highest BCUT2D eigenvalue weighted by atomic mass is 32.2. The number of rotatable bonds is 3. The van der Waals surface area contributed by atoms with E-state index in [1.165, 1.54) is 12.1 Å². The Kier molecular flexibility index (Phi) is 3.62. The number of alkyl halides is 3. The van der Waals surface area contributed by atoms with Crippen LogP contribution in [-0.4, -0.2) is 26.5 Å². The van der Waals surface area contributed by atoms with Crippen LogP contribution in [-0.2, 0) is 16.3 Å². The molecule has 0 radical (unpaired) electrons. The number of hydrogen-bond donors (Lipinski definition) is 1. The number of nitrogen functional groups attached to an aromatic ring is 1. The zero-order valence-corrected chi connectivity index (χ0v) is 11.5. The van der Waals surface area contributed by atoms with Crippen molar-refractivity contribution in [2.45, 2.75) is 36.9 Å². The normalized spacial score (nSPS) is 18.7. The molecule has 8 heteroatoms. The van der Waals surface area contributed by atoms with Crippen LogP contribution in [0.15, 0.2) is 17.0 Å². The van der Waals surface area contributed by atoms with Crippen molar-refractivity contribution in [3.05, 3.63) is 17.7 Å². The molecule has 1 heterocycles. The predicted octanol–water partition coefficient (Wildman–Crippen LogP) is 2.32.